The standard InChI is InChI=1S/C20H20ClN3O/c21-16-8-6-15(7-9-16)20(17-12-19(22)24-23-17)11-10-18(20)25-13-14-4-2-1-3-5-14/h1-9,12,18H,10-11,13H2,(H3,22,23,24). The van der Waals surface area contributed by atoms with Gasteiger partial charge in [0.1, 0.15) is 5.82 Å². The molecule has 3 N–H and O–H groups in total. The average Bonchev–Trinajstić information content (AvgIpc) is 3.03. The van der Waals surface area contributed by atoms with Gasteiger partial charge < -0.3 is 10.5 Å². The number of rotatable bonds is 5. The van der Waals surface area contributed by atoms with Gasteiger partial charge in [-0.1, -0.05) is 54.1 Å². The van der Waals surface area contributed by atoms with E-state index in [1.54, 1.807) is 0 Å². The topological polar surface area (TPSA) is 63.9 Å². The molecule has 0 amide bonds. The number of nitrogens with zero attached hydrogens (tertiary/aromatic N) is 1. The van der Waals surface area contributed by atoms with Crippen LogP contribution in [0, 0.1) is 0 Å². The molecule has 3 aromatic rings. The van der Waals surface area contributed by atoms with E-state index >= 15 is 0 Å². The Morgan fingerprint density at radius 3 is 2.52 bits per heavy atom. The maximum atomic E-state index is 6.31. The second kappa shape index (κ2) is 6.54. The highest BCUT2D eigenvalue weighted by Crippen LogP contribution is 2.50. The minimum Gasteiger partial charge on any atom is -0.382 e. The van der Waals surface area contributed by atoms with Crippen LogP contribution in [0.1, 0.15) is 29.7 Å². The van der Waals surface area contributed by atoms with E-state index in [1.165, 1.54) is 11.1 Å². The molecule has 128 valence electrons. The van der Waals surface area contributed by atoms with E-state index in [2.05, 4.69) is 34.5 Å². The predicted octanol–water partition coefficient (Wildman–Crippen LogP) is 4.31. The summed E-state index contributed by atoms with van der Waals surface area (Å²) in [7, 11) is 0. The van der Waals surface area contributed by atoms with Crippen molar-refractivity contribution >= 4 is 17.4 Å². The Kier molecular flexibility index (Phi) is 4.24. The number of benzene rings is 2. The lowest BCUT2D eigenvalue weighted by atomic mass is 9.60. The number of halogens is 1. The van der Waals surface area contributed by atoms with E-state index in [0.717, 1.165) is 23.6 Å². The summed E-state index contributed by atoms with van der Waals surface area (Å²) in [4.78, 5) is 0. The van der Waals surface area contributed by atoms with Gasteiger partial charge in [0.2, 0.25) is 0 Å². The lowest BCUT2D eigenvalue weighted by Crippen LogP contribution is -2.51. The summed E-state index contributed by atoms with van der Waals surface area (Å²) in [6.07, 6.45) is 2.04. The highest BCUT2D eigenvalue weighted by Gasteiger charge is 2.51. The SMILES string of the molecule is Nc1cc(C2(c3ccc(Cl)cc3)CCC2OCc2ccccc2)[nH]n1. The van der Waals surface area contributed by atoms with Gasteiger partial charge in [-0.3, -0.25) is 5.10 Å². The summed E-state index contributed by atoms with van der Waals surface area (Å²) < 4.78 is 6.31. The number of hydrogen-bond donors (Lipinski definition) is 2. The van der Waals surface area contributed by atoms with Crippen molar-refractivity contribution in [2.45, 2.75) is 31.0 Å². The molecule has 1 aliphatic rings. The number of aromatic amines is 1. The molecule has 0 saturated heterocycles. The molecule has 4 rings (SSSR count). The molecule has 5 heteroatoms. The Morgan fingerprint density at radius 2 is 1.92 bits per heavy atom. The first-order valence-corrected chi connectivity index (χ1v) is 8.79. The second-order valence-corrected chi connectivity index (χ2v) is 6.95. The Labute approximate surface area is 152 Å². The van der Waals surface area contributed by atoms with Crippen LogP contribution in [-0.4, -0.2) is 16.3 Å². The second-order valence-electron chi connectivity index (χ2n) is 6.51. The zero-order chi connectivity index (χ0) is 17.3. The zero-order valence-corrected chi connectivity index (χ0v) is 14.5. The van der Waals surface area contributed by atoms with E-state index in [0.29, 0.717) is 12.4 Å². The van der Waals surface area contributed by atoms with Gasteiger partial charge >= 0.3 is 0 Å². The highest BCUT2D eigenvalue weighted by molar-refractivity contribution is 6.30. The van der Waals surface area contributed by atoms with E-state index in [9.17, 15) is 0 Å². The Morgan fingerprint density at radius 1 is 1.16 bits per heavy atom. The summed E-state index contributed by atoms with van der Waals surface area (Å²) in [5.41, 5.74) is 8.94. The smallest absolute Gasteiger partial charge is 0.145 e. The summed E-state index contributed by atoms with van der Waals surface area (Å²) >= 11 is 6.08. The quantitative estimate of drug-likeness (QED) is 0.718. The fraction of sp³-hybridized carbons (Fsp3) is 0.250. The minimum atomic E-state index is -0.260. The molecule has 0 radical (unpaired) electrons. The molecule has 1 heterocycles. The van der Waals surface area contributed by atoms with Crippen LogP contribution in [0.2, 0.25) is 5.02 Å². The first kappa shape index (κ1) is 16.2. The lowest BCUT2D eigenvalue weighted by molar-refractivity contribution is -0.0619. The van der Waals surface area contributed by atoms with Crippen molar-refractivity contribution in [3.8, 4) is 0 Å². The highest BCUT2D eigenvalue weighted by atomic mass is 35.5. The van der Waals surface area contributed by atoms with Crippen LogP contribution in [0.5, 0.6) is 0 Å². The van der Waals surface area contributed by atoms with E-state index in [-0.39, 0.29) is 11.5 Å². The molecule has 2 unspecified atom stereocenters. The molecule has 1 saturated carbocycles. The van der Waals surface area contributed by atoms with Crippen LogP contribution in [0.15, 0.2) is 60.7 Å². The number of ether oxygens (including phenoxy) is 1. The van der Waals surface area contributed by atoms with Crippen molar-refractivity contribution in [1.82, 2.24) is 10.2 Å². The monoisotopic (exact) mass is 353 g/mol. The number of nitrogens with two attached hydrogens (primary N) is 1. The van der Waals surface area contributed by atoms with Crippen LogP contribution < -0.4 is 5.73 Å². The molecule has 0 bridgehead atoms. The van der Waals surface area contributed by atoms with Gasteiger partial charge in [-0.25, -0.2) is 0 Å². The third-order valence-electron chi connectivity index (χ3n) is 5.08. The van der Waals surface area contributed by atoms with Crippen molar-refractivity contribution in [1.29, 1.82) is 0 Å². The van der Waals surface area contributed by atoms with Crippen molar-refractivity contribution in [2.24, 2.45) is 0 Å². The molecule has 0 aliphatic heterocycles. The van der Waals surface area contributed by atoms with Gasteiger partial charge in [0.15, 0.2) is 0 Å². The Balaban J connectivity index is 1.65. The molecule has 0 spiro atoms. The summed E-state index contributed by atoms with van der Waals surface area (Å²) in [5.74, 6) is 0.497. The summed E-state index contributed by atoms with van der Waals surface area (Å²) in [6, 6.07) is 20.1. The van der Waals surface area contributed by atoms with Crippen LogP contribution in [0.3, 0.4) is 0 Å². The van der Waals surface area contributed by atoms with Crippen molar-refractivity contribution in [3.05, 3.63) is 82.5 Å². The van der Waals surface area contributed by atoms with Gasteiger partial charge in [-0.2, -0.15) is 5.10 Å². The van der Waals surface area contributed by atoms with Crippen LogP contribution in [0.4, 0.5) is 5.82 Å². The van der Waals surface area contributed by atoms with Gasteiger partial charge in [0, 0.05) is 11.1 Å². The first-order valence-electron chi connectivity index (χ1n) is 8.41. The van der Waals surface area contributed by atoms with Crippen LogP contribution in [0.25, 0.3) is 0 Å². The van der Waals surface area contributed by atoms with Crippen molar-refractivity contribution in [2.75, 3.05) is 5.73 Å². The van der Waals surface area contributed by atoms with Gasteiger partial charge in [-0.05, 0) is 36.1 Å². The maximum Gasteiger partial charge on any atom is 0.145 e. The fourth-order valence-corrected chi connectivity index (χ4v) is 3.78. The number of H-pyrrole nitrogens is 1. The number of nitrogen functional groups attached to an aromatic ring is 1. The molecule has 1 aliphatic carbocycles. The minimum absolute atomic E-state index is 0.0636. The largest absolute Gasteiger partial charge is 0.382 e. The number of hydrogen-bond acceptors (Lipinski definition) is 3. The molecule has 2 aromatic carbocycles. The molecule has 1 aromatic heterocycles. The summed E-state index contributed by atoms with van der Waals surface area (Å²) in [5, 5.41) is 7.96. The Bertz CT molecular complexity index is 847. The normalized spacial score (nSPS) is 22.5. The molecule has 1 fully saturated rings. The number of aromatic nitrogens is 2. The molecule has 4 nitrogen and oxygen atoms in total. The number of nitrogens with one attached hydrogen (secondary N) is 1. The summed E-state index contributed by atoms with van der Waals surface area (Å²) in [6.45, 7) is 0.588. The van der Waals surface area contributed by atoms with Crippen molar-refractivity contribution in [3.63, 3.8) is 0 Å². The van der Waals surface area contributed by atoms with E-state index in [4.69, 9.17) is 22.1 Å². The predicted molar refractivity (Wildman–Crippen MR) is 99.5 cm³/mol. The fourth-order valence-electron chi connectivity index (χ4n) is 3.65. The van der Waals surface area contributed by atoms with E-state index < -0.39 is 0 Å². The van der Waals surface area contributed by atoms with E-state index in [1.807, 2.05) is 36.4 Å². The lowest BCUT2D eigenvalue weighted by Gasteiger charge is -2.49. The average molecular weight is 354 g/mol. The van der Waals surface area contributed by atoms with Crippen molar-refractivity contribution < 1.29 is 4.74 Å². The van der Waals surface area contributed by atoms with Crippen LogP contribution in [-0.2, 0) is 16.8 Å². The zero-order valence-electron chi connectivity index (χ0n) is 13.8. The first-order chi connectivity index (χ1) is 12.2. The molecule has 25 heavy (non-hydrogen) atoms. The van der Waals surface area contributed by atoms with Gasteiger partial charge in [0.25, 0.3) is 0 Å². The molecular weight excluding hydrogens is 334 g/mol. The maximum absolute atomic E-state index is 6.31. The van der Waals surface area contributed by atoms with Crippen LogP contribution >= 0.6 is 11.6 Å². The number of anilines is 1. The third-order valence-corrected chi connectivity index (χ3v) is 5.33. The Hall–Kier alpha value is -2.30. The van der Waals surface area contributed by atoms with Gasteiger partial charge in [0.05, 0.1) is 23.8 Å². The molecular formula is C20H20ClN3O. The molecule has 2 atom stereocenters. The third kappa shape index (κ3) is 2.92. The van der Waals surface area contributed by atoms with Gasteiger partial charge in [-0.15, -0.1) is 0 Å².